The molecule has 0 unspecified atom stereocenters. The SMILES string of the molecule is CCCCCCCCCCCCCCCCCC(=O)OCCCOC(C)C. The molecule has 0 spiro atoms. The molecule has 0 aliphatic rings. The van der Waals surface area contributed by atoms with Gasteiger partial charge in [-0.3, -0.25) is 4.79 Å². The summed E-state index contributed by atoms with van der Waals surface area (Å²) in [5.41, 5.74) is 0. The van der Waals surface area contributed by atoms with Gasteiger partial charge in [0, 0.05) is 12.8 Å². The number of carbonyl (C=O) groups is 1. The van der Waals surface area contributed by atoms with Crippen LogP contribution in [0.2, 0.25) is 0 Å². The molecule has 0 aromatic rings. The molecular weight excluding hydrogens is 336 g/mol. The summed E-state index contributed by atoms with van der Waals surface area (Å²) in [5, 5.41) is 0. The summed E-state index contributed by atoms with van der Waals surface area (Å²) in [6, 6.07) is 0. The Labute approximate surface area is 170 Å². The lowest BCUT2D eigenvalue weighted by Crippen LogP contribution is -2.10. The zero-order chi connectivity index (χ0) is 20.0. The van der Waals surface area contributed by atoms with Gasteiger partial charge in [-0.2, -0.15) is 0 Å². The predicted molar refractivity (Wildman–Crippen MR) is 116 cm³/mol. The van der Waals surface area contributed by atoms with E-state index in [0.29, 0.717) is 19.6 Å². The van der Waals surface area contributed by atoms with Crippen molar-refractivity contribution in [3.8, 4) is 0 Å². The van der Waals surface area contributed by atoms with Crippen LogP contribution in [0, 0.1) is 0 Å². The van der Waals surface area contributed by atoms with Crippen molar-refractivity contribution in [2.24, 2.45) is 0 Å². The first-order valence-electron chi connectivity index (χ1n) is 11.9. The second-order valence-corrected chi connectivity index (χ2v) is 8.19. The van der Waals surface area contributed by atoms with Crippen molar-refractivity contribution < 1.29 is 14.3 Å². The van der Waals surface area contributed by atoms with E-state index in [1.807, 2.05) is 13.8 Å². The van der Waals surface area contributed by atoms with Crippen LogP contribution in [0.3, 0.4) is 0 Å². The van der Waals surface area contributed by atoms with E-state index >= 15 is 0 Å². The number of rotatable bonds is 21. The third-order valence-corrected chi connectivity index (χ3v) is 4.99. The van der Waals surface area contributed by atoms with Gasteiger partial charge in [0.25, 0.3) is 0 Å². The second kappa shape index (κ2) is 21.7. The van der Waals surface area contributed by atoms with E-state index in [-0.39, 0.29) is 12.1 Å². The Bertz CT molecular complexity index is 302. The maximum Gasteiger partial charge on any atom is 0.305 e. The van der Waals surface area contributed by atoms with Crippen molar-refractivity contribution in [2.45, 2.75) is 136 Å². The minimum absolute atomic E-state index is 0.0470. The molecule has 0 saturated heterocycles. The van der Waals surface area contributed by atoms with Gasteiger partial charge >= 0.3 is 5.97 Å². The molecular formula is C24H48O3. The number of esters is 1. The van der Waals surface area contributed by atoms with E-state index in [9.17, 15) is 4.79 Å². The Kier molecular flexibility index (Phi) is 21.3. The molecule has 0 saturated carbocycles. The van der Waals surface area contributed by atoms with Crippen molar-refractivity contribution in [3.05, 3.63) is 0 Å². The molecule has 0 amide bonds. The van der Waals surface area contributed by atoms with Crippen molar-refractivity contribution >= 4 is 5.97 Å². The largest absolute Gasteiger partial charge is 0.466 e. The van der Waals surface area contributed by atoms with Crippen LogP contribution in [-0.4, -0.2) is 25.3 Å². The first-order chi connectivity index (χ1) is 13.2. The summed E-state index contributed by atoms with van der Waals surface area (Å²) in [6.45, 7) is 7.47. The van der Waals surface area contributed by atoms with Crippen LogP contribution in [0.5, 0.6) is 0 Å². The Morgan fingerprint density at radius 1 is 0.630 bits per heavy atom. The van der Waals surface area contributed by atoms with Crippen molar-refractivity contribution in [1.82, 2.24) is 0 Å². The zero-order valence-corrected chi connectivity index (χ0v) is 18.7. The summed E-state index contributed by atoms with van der Waals surface area (Å²) in [7, 11) is 0. The van der Waals surface area contributed by atoms with Gasteiger partial charge < -0.3 is 9.47 Å². The Balaban J connectivity index is 3.12. The fourth-order valence-electron chi connectivity index (χ4n) is 3.28. The van der Waals surface area contributed by atoms with E-state index in [0.717, 1.165) is 19.3 Å². The van der Waals surface area contributed by atoms with E-state index in [2.05, 4.69) is 6.92 Å². The molecule has 3 nitrogen and oxygen atoms in total. The quantitative estimate of drug-likeness (QED) is 0.151. The first kappa shape index (κ1) is 26.4. The van der Waals surface area contributed by atoms with Gasteiger partial charge in [0.2, 0.25) is 0 Å². The van der Waals surface area contributed by atoms with Crippen molar-refractivity contribution in [1.29, 1.82) is 0 Å². The Hall–Kier alpha value is -0.570. The van der Waals surface area contributed by atoms with E-state index < -0.39 is 0 Å². The molecule has 0 rings (SSSR count). The molecule has 0 atom stereocenters. The summed E-state index contributed by atoms with van der Waals surface area (Å²) in [4.78, 5) is 11.6. The maximum absolute atomic E-state index is 11.6. The lowest BCUT2D eigenvalue weighted by molar-refractivity contribution is -0.144. The van der Waals surface area contributed by atoms with Gasteiger partial charge in [0.15, 0.2) is 0 Å². The molecule has 0 radical (unpaired) electrons. The number of unbranched alkanes of at least 4 members (excludes halogenated alkanes) is 14. The smallest absolute Gasteiger partial charge is 0.305 e. The van der Waals surface area contributed by atoms with Gasteiger partial charge in [0.1, 0.15) is 0 Å². The third-order valence-electron chi connectivity index (χ3n) is 4.99. The normalized spacial score (nSPS) is 11.3. The van der Waals surface area contributed by atoms with Crippen LogP contribution in [0.25, 0.3) is 0 Å². The van der Waals surface area contributed by atoms with Gasteiger partial charge in [-0.15, -0.1) is 0 Å². The van der Waals surface area contributed by atoms with Crippen molar-refractivity contribution in [3.63, 3.8) is 0 Å². The van der Waals surface area contributed by atoms with Gasteiger partial charge in [-0.1, -0.05) is 96.8 Å². The summed E-state index contributed by atoms with van der Waals surface area (Å²) in [5.74, 6) is -0.0470. The number of carbonyl (C=O) groups excluding carboxylic acids is 1. The molecule has 0 bridgehead atoms. The molecule has 0 fully saturated rings. The molecule has 27 heavy (non-hydrogen) atoms. The van der Waals surface area contributed by atoms with E-state index in [1.54, 1.807) is 0 Å². The average Bonchev–Trinajstić information content (AvgIpc) is 2.64. The molecule has 0 aromatic heterocycles. The fraction of sp³-hybridized carbons (Fsp3) is 0.958. The third kappa shape index (κ3) is 23.4. The summed E-state index contributed by atoms with van der Waals surface area (Å²) in [6.07, 6.45) is 21.8. The van der Waals surface area contributed by atoms with E-state index in [4.69, 9.17) is 9.47 Å². The molecule has 0 aliphatic heterocycles. The minimum atomic E-state index is -0.0470. The average molecular weight is 385 g/mol. The lowest BCUT2D eigenvalue weighted by atomic mass is 10.0. The highest BCUT2D eigenvalue weighted by Crippen LogP contribution is 2.13. The van der Waals surface area contributed by atoms with Crippen LogP contribution in [0.1, 0.15) is 130 Å². The predicted octanol–water partition coefficient (Wildman–Crippen LogP) is 7.61. The molecule has 0 aliphatic carbocycles. The first-order valence-corrected chi connectivity index (χ1v) is 11.9. The van der Waals surface area contributed by atoms with E-state index in [1.165, 1.54) is 83.5 Å². The fourth-order valence-corrected chi connectivity index (χ4v) is 3.28. The molecule has 162 valence electrons. The second-order valence-electron chi connectivity index (χ2n) is 8.19. The lowest BCUT2D eigenvalue weighted by Gasteiger charge is -2.08. The van der Waals surface area contributed by atoms with Crippen LogP contribution in [0.15, 0.2) is 0 Å². The van der Waals surface area contributed by atoms with Crippen LogP contribution in [-0.2, 0) is 14.3 Å². The topological polar surface area (TPSA) is 35.5 Å². The van der Waals surface area contributed by atoms with Crippen molar-refractivity contribution in [2.75, 3.05) is 13.2 Å². The highest BCUT2D eigenvalue weighted by Gasteiger charge is 2.03. The van der Waals surface area contributed by atoms with Crippen LogP contribution in [0.4, 0.5) is 0 Å². The Morgan fingerprint density at radius 3 is 1.52 bits per heavy atom. The van der Waals surface area contributed by atoms with Gasteiger partial charge in [0.05, 0.1) is 19.3 Å². The highest BCUT2D eigenvalue weighted by molar-refractivity contribution is 5.69. The number of hydrogen-bond acceptors (Lipinski definition) is 3. The molecule has 0 heterocycles. The molecule has 3 heteroatoms. The molecule has 0 aromatic carbocycles. The maximum atomic E-state index is 11.6. The highest BCUT2D eigenvalue weighted by atomic mass is 16.5. The van der Waals surface area contributed by atoms with Gasteiger partial charge in [-0.25, -0.2) is 0 Å². The number of ether oxygens (including phenoxy) is 2. The summed E-state index contributed by atoms with van der Waals surface area (Å²) < 4.78 is 10.6. The monoisotopic (exact) mass is 384 g/mol. The summed E-state index contributed by atoms with van der Waals surface area (Å²) >= 11 is 0. The van der Waals surface area contributed by atoms with Crippen LogP contribution >= 0.6 is 0 Å². The standard InChI is InChI=1S/C24H48O3/c1-4-5-6-7-8-9-10-11-12-13-14-15-16-17-18-20-24(25)27-22-19-21-26-23(2)3/h23H,4-22H2,1-3H3. The number of hydrogen-bond donors (Lipinski definition) is 0. The minimum Gasteiger partial charge on any atom is -0.466 e. The Morgan fingerprint density at radius 2 is 1.07 bits per heavy atom. The molecule has 0 N–H and O–H groups in total. The van der Waals surface area contributed by atoms with Gasteiger partial charge in [-0.05, 0) is 20.3 Å². The zero-order valence-electron chi connectivity index (χ0n) is 18.7. The van der Waals surface area contributed by atoms with Crippen LogP contribution < -0.4 is 0 Å².